The van der Waals surface area contributed by atoms with Gasteiger partial charge in [0.15, 0.2) is 6.29 Å². The molecule has 2 fully saturated rings. The largest absolute Gasteiger partial charge is 0.466 e. The van der Waals surface area contributed by atoms with Crippen LogP contribution in [0.15, 0.2) is 24.3 Å². The maximum Gasteiger partial charge on any atom is 0.323 e. The third kappa shape index (κ3) is 32.0. The second-order valence-electron chi connectivity index (χ2n) is 18.2. The second kappa shape index (κ2) is 41.9. The Hall–Kier alpha value is -1.78. The Kier molecular flexibility index (Phi) is 38.1. The van der Waals surface area contributed by atoms with Crippen LogP contribution in [0.3, 0.4) is 0 Å². The van der Waals surface area contributed by atoms with Crippen LogP contribution in [0, 0.1) is 0 Å². The Labute approximate surface area is 382 Å². The molecule has 2 aliphatic heterocycles. The van der Waals surface area contributed by atoms with E-state index in [9.17, 15) is 9.59 Å². The van der Waals surface area contributed by atoms with E-state index >= 15 is 0 Å². The van der Waals surface area contributed by atoms with Gasteiger partial charge in [0.25, 0.3) is 0 Å². The zero-order valence-electron chi connectivity index (χ0n) is 40.8. The summed E-state index contributed by atoms with van der Waals surface area (Å²) in [6.45, 7) is 14.7. The van der Waals surface area contributed by atoms with Crippen molar-refractivity contribution in [2.45, 2.75) is 238 Å². The summed E-state index contributed by atoms with van der Waals surface area (Å²) in [6, 6.07) is -0.274. The first-order valence-electron chi connectivity index (χ1n) is 26.5. The molecule has 0 aromatic carbocycles. The van der Waals surface area contributed by atoms with Gasteiger partial charge in [-0.15, -0.1) is 0 Å². The Balaban J connectivity index is 1.69. The molecule has 62 heavy (non-hydrogen) atoms. The minimum absolute atomic E-state index is 0.0410. The fourth-order valence-electron chi connectivity index (χ4n) is 8.52. The number of allylic oxidation sites excluding steroid dienone is 4. The molecule has 0 amide bonds. The Morgan fingerprint density at radius 1 is 0.565 bits per heavy atom. The van der Waals surface area contributed by atoms with Gasteiger partial charge >= 0.3 is 11.9 Å². The van der Waals surface area contributed by atoms with Crippen LogP contribution < -0.4 is 0 Å². The predicted molar refractivity (Wildman–Crippen MR) is 258 cm³/mol. The molecule has 2 heterocycles. The first kappa shape index (κ1) is 56.3. The summed E-state index contributed by atoms with van der Waals surface area (Å²) in [7, 11) is 0. The van der Waals surface area contributed by atoms with Gasteiger partial charge in [-0.05, 0) is 103 Å². The van der Waals surface area contributed by atoms with Crippen LogP contribution in [0.5, 0.6) is 0 Å². The number of hydrogen-bond donors (Lipinski definition) is 0. The van der Waals surface area contributed by atoms with Gasteiger partial charge in [-0.2, -0.15) is 0 Å². The van der Waals surface area contributed by atoms with Crippen molar-refractivity contribution in [2.75, 3.05) is 65.8 Å². The van der Waals surface area contributed by atoms with Crippen LogP contribution in [-0.2, 0) is 33.3 Å². The molecule has 362 valence electrons. The van der Waals surface area contributed by atoms with E-state index in [0.29, 0.717) is 45.7 Å². The van der Waals surface area contributed by atoms with Gasteiger partial charge in [-0.25, -0.2) is 0 Å². The lowest BCUT2D eigenvalue weighted by molar-refractivity contribution is -0.159. The zero-order valence-corrected chi connectivity index (χ0v) is 40.8. The fraction of sp³-hybridized carbons (Fsp3) is 0.887. The average molecular weight is 875 g/mol. The molecule has 9 heteroatoms. The Bertz CT molecular complexity index is 1060. The lowest BCUT2D eigenvalue weighted by Crippen LogP contribution is -2.38. The van der Waals surface area contributed by atoms with Gasteiger partial charge in [0.1, 0.15) is 6.04 Å². The van der Waals surface area contributed by atoms with Gasteiger partial charge in [0.05, 0.1) is 25.7 Å². The first-order chi connectivity index (χ1) is 30.6. The lowest BCUT2D eigenvalue weighted by atomic mass is 10.1. The van der Waals surface area contributed by atoms with Crippen molar-refractivity contribution in [1.82, 2.24) is 9.80 Å². The molecule has 0 aromatic heterocycles. The standard InChI is InChI=1S/C53H98N2O7/c1-4-7-10-13-16-17-18-19-20-21-22-23-24-27-33-45-62-53(57)50-47-49(58-46-35-40-54-38-28-29-39-54)48-55(50)41-30-34-42-59-51(56)36-37-52(60-43-31-25-14-11-8-5-2)61-44-32-26-15-12-9-6-3/h16-17,19-20,49-50,52H,4-15,18,21-48H2,1-3H3/b17-16-,20-19-. The van der Waals surface area contributed by atoms with Gasteiger partial charge in [-0.1, -0.05) is 141 Å². The molecule has 2 rings (SSSR count). The highest BCUT2D eigenvalue weighted by Gasteiger charge is 2.38. The van der Waals surface area contributed by atoms with Crippen molar-refractivity contribution in [3.8, 4) is 0 Å². The molecule has 0 spiro atoms. The first-order valence-corrected chi connectivity index (χ1v) is 26.5. The molecule has 0 bridgehead atoms. The molecular weight excluding hydrogens is 777 g/mol. The molecule has 0 radical (unpaired) electrons. The van der Waals surface area contributed by atoms with Gasteiger partial charge in [0, 0.05) is 45.8 Å². The molecule has 0 aromatic rings. The van der Waals surface area contributed by atoms with E-state index in [1.165, 1.54) is 135 Å². The normalized spacial score (nSPS) is 17.4. The smallest absolute Gasteiger partial charge is 0.323 e. The van der Waals surface area contributed by atoms with E-state index < -0.39 is 0 Å². The number of esters is 2. The summed E-state index contributed by atoms with van der Waals surface area (Å²) in [4.78, 5) is 30.9. The number of hydrogen-bond acceptors (Lipinski definition) is 9. The molecule has 0 N–H and O–H groups in total. The van der Waals surface area contributed by atoms with Crippen LogP contribution in [0.25, 0.3) is 0 Å². The van der Waals surface area contributed by atoms with Crippen LogP contribution >= 0.6 is 0 Å². The van der Waals surface area contributed by atoms with Gasteiger partial charge < -0.3 is 28.6 Å². The Morgan fingerprint density at radius 3 is 1.74 bits per heavy atom. The molecule has 2 unspecified atom stereocenters. The summed E-state index contributed by atoms with van der Waals surface area (Å²) >= 11 is 0. The number of ether oxygens (including phenoxy) is 5. The molecule has 0 saturated carbocycles. The summed E-state index contributed by atoms with van der Waals surface area (Å²) in [5.74, 6) is -0.309. The minimum Gasteiger partial charge on any atom is -0.466 e. The van der Waals surface area contributed by atoms with Crippen molar-refractivity contribution in [1.29, 1.82) is 0 Å². The summed E-state index contributed by atoms with van der Waals surface area (Å²) < 4.78 is 30.1. The number of carbonyl (C=O) groups is 2. The summed E-state index contributed by atoms with van der Waals surface area (Å²) in [5.41, 5.74) is 0. The number of carbonyl (C=O) groups excluding carboxylic acids is 2. The molecular formula is C53H98N2O7. The summed E-state index contributed by atoms with van der Waals surface area (Å²) in [5, 5.41) is 0. The fourth-order valence-corrected chi connectivity index (χ4v) is 8.52. The topological polar surface area (TPSA) is 86.8 Å². The highest BCUT2D eigenvalue weighted by molar-refractivity contribution is 5.76. The third-order valence-corrected chi connectivity index (χ3v) is 12.4. The highest BCUT2D eigenvalue weighted by atomic mass is 16.7. The van der Waals surface area contributed by atoms with E-state index in [-0.39, 0.29) is 30.4 Å². The number of unbranched alkanes of at least 4 members (excludes halogenated alkanes) is 19. The van der Waals surface area contributed by atoms with Crippen molar-refractivity contribution >= 4 is 11.9 Å². The van der Waals surface area contributed by atoms with E-state index in [1.54, 1.807) is 0 Å². The molecule has 9 nitrogen and oxygen atoms in total. The van der Waals surface area contributed by atoms with Crippen molar-refractivity contribution < 1.29 is 33.3 Å². The number of likely N-dealkylation sites (tertiary alicyclic amines) is 2. The zero-order chi connectivity index (χ0) is 44.4. The van der Waals surface area contributed by atoms with Crippen LogP contribution in [0.2, 0.25) is 0 Å². The average Bonchev–Trinajstić information content (AvgIpc) is 3.96. The maximum atomic E-state index is 13.4. The van der Waals surface area contributed by atoms with Crippen molar-refractivity contribution in [3.05, 3.63) is 24.3 Å². The van der Waals surface area contributed by atoms with E-state index in [2.05, 4.69) is 54.9 Å². The molecule has 2 atom stereocenters. The molecule has 2 aliphatic rings. The summed E-state index contributed by atoms with van der Waals surface area (Å²) in [6.07, 6.45) is 43.2. The van der Waals surface area contributed by atoms with Crippen LogP contribution in [0.4, 0.5) is 0 Å². The van der Waals surface area contributed by atoms with Gasteiger partial charge in [-0.3, -0.25) is 14.5 Å². The molecule has 2 saturated heterocycles. The van der Waals surface area contributed by atoms with Crippen molar-refractivity contribution in [2.24, 2.45) is 0 Å². The third-order valence-electron chi connectivity index (χ3n) is 12.4. The van der Waals surface area contributed by atoms with Crippen molar-refractivity contribution in [3.63, 3.8) is 0 Å². The molecule has 0 aliphatic carbocycles. The number of nitrogens with zero attached hydrogens (tertiary/aromatic N) is 2. The predicted octanol–water partition coefficient (Wildman–Crippen LogP) is 13.1. The minimum atomic E-state index is -0.355. The maximum absolute atomic E-state index is 13.4. The lowest BCUT2D eigenvalue weighted by Gasteiger charge is -2.22. The quantitative estimate of drug-likeness (QED) is 0.0257. The van der Waals surface area contributed by atoms with Crippen LogP contribution in [0.1, 0.15) is 220 Å². The van der Waals surface area contributed by atoms with Crippen LogP contribution in [-0.4, -0.2) is 106 Å². The Morgan fingerprint density at radius 2 is 1.10 bits per heavy atom. The van der Waals surface area contributed by atoms with E-state index in [4.69, 9.17) is 23.7 Å². The number of rotatable bonds is 44. The second-order valence-corrected chi connectivity index (χ2v) is 18.2. The highest BCUT2D eigenvalue weighted by Crippen LogP contribution is 2.23. The van der Waals surface area contributed by atoms with Gasteiger partial charge in [0.2, 0.25) is 0 Å². The van der Waals surface area contributed by atoms with E-state index in [0.717, 1.165) is 84.0 Å². The SMILES string of the molecule is CCCCC/C=C\C/C=C\CCCCCCCOC(=O)C1CC(OCCCN2CCCC2)CN1CCCCOC(=O)CCC(OCCCCCCCC)OCCCCCCCC. The monoisotopic (exact) mass is 875 g/mol. The van der Waals surface area contributed by atoms with E-state index in [1.807, 2.05) is 0 Å².